The summed E-state index contributed by atoms with van der Waals surface area (Å²) in [5.74, 6) is -1.60. The average molecular weight is 412 g/mol. The number of phenols is 2. The van der Waals surface area contributed by atoms with Crippen LogP contribution in [0.3, 0.4) is 0 Å². The van der Waals surface area contributed by atoms with E-state index in [9.17, 15) is 24.9 Å². The molecule has 2 amide bonds. The molecule has 0 unspecified atom stereocenters. The van der Waals surface area contributed by atoms with Gasteiger partial charge < -0.3 is 34.7 Å². The number of benzene rings is 2. The van der Waals surface area contributed by atoms with Crippen LogP contribution >= 0.6 is 0 Å². The molecule has 2 heterocycles. The molecule has 2 aromatic carbocycles. The maximum atomic E-state index is 12.8. The molecule has 1 aromatic heterocycles. The van der Waals surface area contributed by atoms with Crippen LogP contribution in [0.2, 0.25) is 0 Å². The zero-order valence-electron chi connectivity index (χ0n) is 16.1. The first-order valence-corrected chi connectivity index (χ1v) is 9.31. The van der Waals surface area contributed by atoms with Crippen molar-refractivity contribution in [2.75, 3.05) is 31.6 Å². The first-order chi connectivity index (χ1) is 14.3. The van der Waals surface area contributed by atoms with Crippen molar-refractivity contribution in [2.45, 2.75) is 6.92 Å². The van der Waals surface area contributed by atoms with Gasteiger partial charge in [-0.15, -0.1) is 0 Å². The van der Waals surface area contributed by atoms with Gasteiger partial charge in [0, 0.05) is 18.7 Å². The minimum atomic E-state index is -0.676. The maximum absolute atomic E-state index is 12.8. The summed E-state index contributed by atoms with van der Waals surface area (Å²) in [6.45, 7) is 3.53. The van der Waals surface area contributed by atoms with Crippen molar-refractivity contribution in [3.63, 3.8) is 0 Å². The van der Waals surface area contributed by atoms with Gasteiger partial charge in [0.15, 0.2) is 22.8 Å². The van der Waals surface area contributed by atoms with E-state index in [1.807, 2.05) is 0 Å². The second kappa shape index (κ2) is 7.60. The monoisotopic (exact) mass is 412 g/mol. The Morgan fingerprint density at radius 3 is 2.50 bits per heavy atom. The van der Waals surface area contributed by atoms with Gasteiger partial charge in [-0.1, -0.05) is 0 Å². The molecule has 9 nitrogen and oxygen atoms in total. The molecule has 0 aliphatic carbocycles. The van der Waals surface area contributed by atoms with Crippen molar-refractivity contribution in [3.8, 4) is 28.6 Å². The number of hydrogen-bond donors (Lipinski definition) is 4. The van der Waals surface area contributed by atoms with Crippen LogP contribution in [0.25, 0.3) is 22.3 Å². The third kappa shape index (κ3) is 3.50. The topological polar surface area (TPSA) is 132 Å². The van der Waals surface area contributed by atoms with Gasteiger partial charge in [0.05, 0.1) is 24.3 Å². The van der Waals surface area contributed by atoms with E-state index in [1.54, 1.807) is 24.0 Å². The summed E-state index contributed by atoms with van der Waals surface area (Å²) in [6, 6.07) is 6.63. The second-order valence-corrected chi connectivity index (χ2v) is 7.03. The second-order valence-electron chi connectivity index (χ2n) is 7.03. The van der Waals surface area contributed by atoms with E-state index >= 15 is 0 Å². The Labute approximate surface area is 170 Å². The highest BCUT2D eigenvalue weighted by Gasteiger charge is 2.22. The molecule has 9 heteroatoms. The van der Waals surface area contributed by atoms with Crippen molar-refractivity contribution >= 4 is 22.7 Å². The minimum absolute atomic E-state index is 0.0903. The largest absolute Gasteiger partial charge is 0.504 e. The average Bonchev–Trinajstić information content (AvgIpc) is 2.73. The van der Waals surface area contributed by atoms with Crippen LogP contribution in [0.5, 0.6) is 17.2 Å². The molecule has 1 saturated heterocycles. The fourth-order valence-electron chi connectivity index (χ4n) is 3.35. The van der Waals surface area contributed by atoms with Crippen LogP contribution in [0, 0.1) is 6.92 Å². The number of nitrogens with zero attached hydrogens (tertiary/aromatic N) is 1. The van der Waals surface area contributed by atoms with Gasteiger partial charge in [-0.25, -0.2) is 4.79 Å². The maximum Gasteiger partial charge on any atom is 0.322 e. The fraction of sp³-hybridized carbons (Fsp3) is 0.238. The van der Waals surface area contributed by atoms with Crippen LogP contribution < -0.4 is 10.7 Å². The van der Waals surface area contributed by atoms with Crippen molar-refractivity contribution in [3.05, 3.63) is 46.1 Å². The summed E-state index contributed by atoms with van der Waals surface area (Å²) >= 11 is 0. The molecule has 1 aliphatic rings. The number of urea groups is 1. The van der Waals surface area contributed by atoms with Gasteiger partial charge in [-0.2, -0.15) is 0 Å². The zero-order valence-corrected chi connectivity index (χ0v) is 16.1. The lowest BCUT2D eigenvalue weighted by atomic mass is 10.1. The van der Waals surface area contributed by atoms with Crippen molar-refractivity contribution in [2.24, 2.45) is 0 Å². The highest BCUT2D eigenvalue weighted by atomic mass is 16.5. The first-order valence-electron chi connectivity index (χ1n) is 9.31. The number of anilines is 1. The third-order valence-corrected chi connectivity index (χ3v) is 4.89. The molecule has 156 valence electrons. The molecule has 1 fully saturated rings. The standard InChI is InChI=1S/C21H20N2O7/c1-11-8-13-17(26)18(27)19(12-2-3-15(24)16(25)10-12)30-20(13)14(9-11)22-21(28)23-4-6-29-7-5-23/h2-3,8-10,24-25,27H,4-7H2,1H3,(H,22,28). The first kappa shape index (κ1) is 19.6. The fourth-order valence-corrected chi connectivity index (χ4v) is 3.35. The molecular formula is C21H20N2O7. The molecule has 0 radical (unpaired) electrons. The van der Waals surface area contributed by atoms with Gasteiger partial charge in [0.25, 0.3) is 0 Å². The molecule has 4 N–H and O–H groups in total. The lowest BCUT2D eigenvalue weighted by Crippen LogP contribution is -2.43. The zero-order chi connectivity index (χ0) is 21.4. The van der Waals surface area contributed by atoms with Crippen LogP contribution in [-0.4, -0.2) is 52.6 Å². The quantitative estimate of drug-likeness (QED) is 0.476. The Morgan fingerprint density at radius 1 is 1.07 bits per heavy atom. The Hall–Kier alpha value is -3.72. The van der Waals surface area contributed by atoms with E-state index in [0.717, 1.165) is 0 Å². The molecule has 0 bridgehead atoms. The summed E-state index contributed by atoms with van der Waals surface area (Å²) in [6.07, 6.45) is 0. The summed E-state index contributed by atoms with van der Waals surface area (Å²) in [5, 5.41) is 32.6. The molecular weight excluding hydrogens is 392 g/mol. The SMILES string of the molecule is Cc1cc(NC(=O)N2CCOCC2)c2oc(-c3ccc(O)c(O)c3)c(O)c(=O)c2c1. The lowest BCUT2D eigenvalue weighted by molar-refractivity contribution is 0.0564. The van der Waals surface area contributed by atoms with Crippen LogP contribution in [0.15, 0.2) is 39.5 Å². The number of carbonyl (C=O) groups is 1. The molecule has 0 atom stereocenters. The Balaban J connectivity index is 1.84. The molecule has 3 aromatic rings. The van der Waals surface area contributed by atoms with Crippen LogP contribution in [-0.2, 0) is 4.74 Å². The normalized spacial score (nSPS) is 14.1. The molecule has 1 aliphatic heterocycles. The predicted octanol–water partition coefficient (Wildman–Crippen LogP) is 2.75. The molecule has 0 spiro atoms. The number of amides is 2. The number of aryl methyl sites for hydroxylation is 1. The Morgan fingerprint density at radius 2 is 1.80 bits per heavy atom. The van der Waals surface area contributed by atoms with E-state index in [2.05, 4.69) is 5.32 Å². The summed E-state index contributed by atoms with van der Waals surface area (Å²) in [4.78, 5) is 27.0. The Kier molecular flexibility index (Phi) is 4.96. The van der Waals surface area contributed by atoms with Crippen LogP contribution in [0.4, 0.5) is 10.5 Å². The highest BCUT2D eigenvalue weighted by Crippen LogP contribution is 2.37. The number of ether oxygens (including phenoxy) is 1. The van der Waals surface area contributed by atoms with E-state index in [-0.39, 0.29) is 39.8 Å². The van der Waals surface area contributed by atoms with E-state index in [0.29, 0.717) is 31.9 Å². The number of morpholine rings is 1. The number of aromatic hydroxyl groups is 3. The highest BCUT2D eigenvalue weighted by molar-refractivity contribution is 6.00. The van der Waals surface area contributed by atoms with Gasteiger partial charge in [-0.05, 0) is 42.8 Å². The number of fused-ring (bicyclic) bond motifs is 1. The molecule has 4 rings (SSSR count). The Bertz CT molecular complexity index is 1200. The van der Waals surface area contributed by atoms with Gasteiger partial charge in [0.1, 0.15) is 0 Å². The van der Waals surface area contributed by atoms with Crippen molar-refractivity contribution in [1.29, 1.82) is 0 Å². The smallest absolute Gasteiger partial charge is 0.322 e. The van der Waals surface area contributed by atoms with Gasteiger partial charge in [0.2, 0.25) is 11.2 Å². The number of carbonyl (C=O) groups excluding carboxylic acids is 1. The summed E-state index contributed by atoms with van der Waals surface area (Å²) in [7, 11) is 0. The predicted molar refractivity (Wildman–Crippen MR) is 109 cm³/mol. The number of hydrogen-bond acceptors (Lipinski definition) is 7. The van der Waals surface area contributed by atoms with Crippen LogP contribution in [0.1, 0.15) is 5.56 Å². The van der Waals surface area contributed by atoms with Crippen molar-refractivity contribution < 1.29 is 29.3 Å². The minimum Gasteiger partial charge on any atom is -0.504 e. The van der Waals surface area contributed by atoms with Crippen molar-refractivity contribution in [1.82, 2.24) is 4.90 Å². The van der Waals surface area contributed by atoms with Gasteiger partial charge >= 0.3 is 6.03 Å². The third-order valence-electron chi connectivity index (χ3n) is 4.89. The van der Waals surface area contributed by atoms with E-state index < -0.39 is 16.9 Å². The summed E-state index contributed by atoms with van der Waals surface area (Å²) < 4.78 is 11.1. The number of nitrogens with one attached hydrogen (secondary N) is 1. The van der Waals surface area contributed by atoms with E-state index in [4.69, 9.17) is 9.15 Å². The number of rotatable bonds is 2. The lowest BCUT2D eigenvalue weighted by Gasteiger charge is -2.27. The molecule has 30 heavy (non-hydrogen) atoms. The summed E-state index contributed by atoms with van der Waals surface area (Å²) in [5.41, 5.74) is 0.578. The van der Waals surface area contributed by atoms with Gasteiger partial charge in [-0.3, -0.25) is 4.79 Å². The molecule has 0 saturated carbocycles. The number of phenolic OH excluding ortho intramolecular Hbond substituents is 2. The van der Waals surface area contributed by atoms with E-state index in [1.165, 1.54) is 18.2 Å².